The van der Waals surface area contributed by atoms with Crippen molar-refractivity contribution in [1.82, 2.24) is 5.32 Å². The number of hydrogen-bond donors (Lipinski definition) is 2. The molecule has 0 aliphatic carbocycles. The Morgan fingerprint density at radius 1 is 0.824 bits per heavy atom. The largest absolute Gasteiger partial charge is 0.480 e. The summed E-state index contributed by atoms with van der Waals surface area (Å²) in [5.41, 5.74) is 3.09. The van der Waals surface area contributed by atoms with Crippen LogP contribution in [0, 0.1) is 0 Å². The third-order valence-corrected chi connectivity index (χ3v) is 6.16. The quantitative estimate of drug-likeness (QED) is 0.422. The van der Waals surface area contributed by atoms with Gasteiger partial charge in [0.05, 0.1) is 5.25 Å². The van der Waals surface area contributed by atoms with Crippen LogP contribution in [0.15, 0.2) is 84.9 Å². The van der Waals surface area contributed by atoms with Crippen molar-refractivity contribution in [3.63, 3.8) is 0 Å². The maximum absolute atomic E-state index is 13.1. The highest BCUT2D eigenvalue weighted by Gasteiger charge is 2.28. The number of nitrogens with one attached hydrogen (secondary N) is 1. The van der Waals surface area contributed by atoms with Crippen LogP contribution >= 0.6 is 11.8 Å². The molecule has 7 heteroatoms. The Balaban J connectivity index is 1.70. The average Bonchev–Trinajstić information content (AvgIpc) is 2.84. The van der Waals surface area contributed by atoms with E-state index in [1.165, 1.54) is 6.92 Å². The van der Waals surface area contributed by atoms with Gasteiger partial charge in [0.25, 0.3) is 0 Å². The van der Waals surface area contributed by atoms with Crippen molar-refractivity contribution < 1.29 is 24.3 Å². The van der Waals surface area contributed by atoms with E-state index in [1.54, 1.807) is 36.4 Å². The molecule has 0 saturated heterocycles. The van der Waals surface area contributed by atoms with E-state index >= 15 is 0 Å². The molecule has 0 fully saturated rings. The lowest BCUT2D eigenvalue weighted by Crippen LogP contribution is -2.43. The zero-order chi connectivity index (χ0) is 24.5. The summed E-state index contributed by atoms with van der Waals surface area (Å²) in [4.78, 5) is 49.2. The van der Waals surface area contributed by atoms with Crippen LogP contribution in [-0.2, 0) is 20.8 Å². The van der Waals surface area contributed by atoms with Crippen molar-refractivity contribution >= 4 is 34.5 Å². The highest BCUT2D eigenvalue weighted by Crippen LogP contribution is 2.24. The van der Waals surface area contributed by atoms with Gasteiger partial charge in [0.15, 0.2) is 10.9 Å². The van der Waals surface area contributed by atoms with Gasteiger partial charge in [-0.3, -0.25) is 14.4 Å². The van der Waals surface area contributed by atoms with E-state index in [1.807, 2.05) is 48.5 Å². The topological polar surface area (TPSA) is 101 Å². The first-order valence-corrected chi connectivity index (χ1v) is 11.6. The van der Waals surface area contributed by atoms with Gasteiger partial charge in [-0.25, -0.2) is 4.79 Å². The van der Waals surface area contributed by atoms with Gasteiger partial charge in [0.2, 0.25) is 5.91 Å². The normalized spacial score (nSPS) is 12.4. The van der Waals surface area contributed by atoms with Gasteiger partial charge in [0, 0.05) is 25.3 Å². The second-order valence-corrected chi connectivity index (χ2v) is 9.14. The zero-order valence-corrected chi connectivity index (χ0v) is 19.5. The second kappa shape index (κ2) is 12.0. The van der Waals surface area contributed by atoms with Crippen molar-refractivity contribution in [2.45, 2.75) is 31.1 Å². The van der Waals surface area contributed by atoms with Crippen LogP contribution < -0.4 is 5.32 Å². The molecule has 0 aliphatic rings. The number of rotatable bonds is 10. The molecule has 0 bridgehead atoms. The summed E-state index contributed by atoms with van der Waals surface area (Å²) in [5.74, 6) is -2.13. The van der Waals surface area contributed by atoms with Gasteiger partial charge in [-0.15, -0.1) is 0 Å². The number of benzene rings is 3. The van der Waals surface area contributed by atoms with Crippen LogP contribution in [0.3, 0.4) is 0 Å². The van der Waals surface area contributed by atoms with E-state index < -0.39 is 23.2 Å². The predicted molar refractivity (Wildman–Crippen MR) is 133 cm³/mol. The number of aliphatic carboxylic acids is 1. The molecular weight excluding hydrogens is 450 g/mol. The number of carbonyl (C=O) groups excluding carboxylic acids is 3. The van der Waals surface area contributed by atoms with Crippen LogP contribution in [0.2, 0.25) is 0 Å². The zero-order valence-electron chi connectivity index (χ0n) is 18.6. The van der Waals surface area contributed by atoms with Crippen LogP contribution in [0.25, 0.3) is 11.1 Å². The van der Waals surface area contributed by atoms with Gasteiger partial charge < -0.3 is 10.4 Å². The highest BCUT2D eigenvalue weighted by atomic mass is 32.2. The third kappa shape index (κ3) is 7.15. The number of Topliss-reactive ketones (excluding diaryl/α,β-unsaturated/α-hetero) is 1. The number of carbonyl (C=O) groups is 4. The van der Waals surface area contributed by atoms with E-state index in [9.17, 15) is 24.3 Å². The van der Waals surface area contributed by atoms with Crippen molar-refractivity contribution in [3.8, 4) is 11.1 Å². The minimum absolute atomic E-state index is 0.112. The Hall–Kier alpha value is -3.71. The Morgan fingerprint density at radius 2 is 1.38 bits per heavy atom. The molecule has 0 aliphatic heterocycles. The lowest BCUT2D eigenvalue weighted by atomic mass is 10.0. The number of amides is 1. The Labute approximate surface area is 202 Å². The summed E-state index contributed by atoms with van der Waals surface area (Å²) in [5, 5.41) is 10.8. The molecule has 174 valence electrons. The van der Waals surface area contributed by atoms with Gasteiger partial charge in [-0.1, -0.05) is 96.7 Å². The summed E-state index contributed by atoms with van der Waals surface area (Å²) >= 11 is 0.774. The van der Waals surface area contributed by atoms with E-state index in [-0.39, 0.29) is 23.7 Å². The molecule has 0 saturated carbocycles. The molecule has 2 N–H and O–H groups in total. The van der Waals surface area contributed by atoms with Crippen molar-refractivity contribution in [2.24, 2.45) is 0 Å². The summed E-state index contributed by atoms with van der Waals surface area (Å²) in [7, 11) is 0. The average molecular weight is 476 g/mol. The van der Waals surface area contributed by atoms with Gasteiger partial charge in [-0.2, -0.15) is 0 Å². The summed E-state index contributed by atoms with van der Waals surface area (Å²) in [6, 6.07) is 24.5. The predicted octanol–water partition coefficient (Wildman–Crippen LogP) is 4.39. The molecular formula is C27H25NO5S. The van der Waals surface area contributed by atoms with E-state index in [4.69, 9.17) is 0 Å². The number of thioether (sulfide) groups is 1. The van der Waals surface area contributed by atoms with Crippen LogP contribution in [0.1, 0.15) is 29.3 Å². The maximum Gasteiger partial charge on any atom is 0.326 e. The Bertz CT molecular complexity index is 1150. The lowest BCUT2D eigenvalue weighted by Gasteiger charge is -2.18. The fourth-order valence-corrected chi connectivity index (χ4v) is 4.38. The SMILES string of the molecule is CC(=O)SC(CC(=O)N[C@@H](Cc1ccccc1)C(=O)O)C(=O)c1ccc(-c2ccccc2)cc1. The molecule has 6 nitrogen and oxygen atoms in total. The van der Waals surface area contributed by atoms with Gasteiger partial charge >= 0.3 is 5.97 Å². The first-order chi connectivity index (χ1) is 16.3. The standard InChI is InChI=1S/C27H25NO5S/c1-18(29)34-24(17-25(30)28-23(27(32)33)16-19-8-4-2-5-9-19)26(31)22-14-12-21(13-15-22)20-10-6-3-7-11-20/h2-15,23-24H,16-17H2,1H3,(H,28,30)(H,32,33)/t23-,24?/m0/s1. The van der Waals surface area contributed by atoms with Gasteiger partial charge in [-0.05, 0) is 16.7 Å². The van der Waals surface area contributed by atoms with E-state index in [0.717, 1.165) is 28.5 Å². The summed E-state index contributed by atoms with van der Waals surface area (Å²) < 4.78 is 0. The first-order valence-electron chi connectivity index (χ1n) is 10.8. The number of carboxylic acid groups (broad SMARTS) is 1. The minimum Gasteiger partial charge on any atom is -0.480 e. The molecule has 1 unspecified atom stereocenters. The lowest BCUT2D eigenvalue weighted by molar-refractivity contribution is -0.141. The van der Waals surface area contributed by atoms with Gasteiger partial charge in [0.1, 0.15) is 6.04 Å². The number of ketones is 1. The molecule has 3 rings (SSSR count). The van der Waals surface area contributed by atoms with Crippen molar-refractivity contribution in [3.05, 3.63) is 96.1 Å². The number of carboxylic acids is 1. The Morgan fingerprint density at radius 3 is 1.94 bits per heavy atom. The third-order valence-electron chi connectivity index (χ3n) is 5.16. The Kier molecular flexibility index (Phi) is 8.76. The van der Waals surface area contributed by atoms with Crippen LogP contribution in [0.5, 0.6) is 0 Å². The monoisotopic (exact) mass is 475 g/mol. The van der Waals surface area contributed by atoms with Crippen LogP contribution in [-0.4, -0.2) is 39.2 Å². The molecule has 0 spiro atoms. The minimum atomic E-state index is -1.17. The van der Waals surface area contributed by atoms with Crippen molar-refractivity contribution in [1.29, 1.82) is 0 Å². The molecule has 0 aromatic heterocycles. The number of hydrogen-bond acceptors (Lipinski definition) is 5. The van der Waals surface area contributed by atoms with E-state index in [0.29, 0.717) is 5.56 Å². The fourth-order valence-electron chi connectivity index (χ4n) is 3.50. The molecule has 2 atom stereocenters. The molecule has 0 radical (unpaired) electrons. The molecule has 3 aromatic rings. The molecule has 3 aromatic carbocycles. The molecule has 34 heavy (non-hydrogen) atoms. The molecule has 1 amide bonds. The van der Waals surface area contributed by atoms with E-state index in [2.05, 4.69) is 5.32 Å². The fraction of sp³-hybridized carbons (Fsp3) is 0.185. The maximum atomic E-state index is 13.1. The molecule has 0 heterocycles. The smallest absolute Gasteiger partial charge is 0.326 e. The van der Waals surface area contributed by atoms with Crippen LogP contribution in [0.4, 0.5) is 0 Å². The highest BCUT2D eigenvalue weighted by molar-refractivity contribution is 8.14. The summed E-state index contributed by atoms with van der Waals surface area (Å²) in [6.07, 6.45) is -0.191. The second-order valence-electron chi connectivity index (χ2n) is 7.76. The summed E-state index contributed by atoms with van der Waals surface area (Å²) in [6.45, 7) is 1.33. The van der Waals surface area contributed by atoms with Crippen molar-refractivity contribution in [2.75, 3.05) is 0 Å². The first kappa shape index (κ1) is 24.9.